The van der Waals surface area contributed by atoms with E-state index in [1.807, 2.05) is 0 Å². The van der Waals surface area contributed by atoms with E-state index >= 15 is 0 Å². The minimum atomic E-state index is -3.70. The molecule has 0 bridgehead atoms. The van der Waals surface area contributed by atoms with E-state index < -0.39 is 28.5 Å². The van der Waals surface area contributed by atoms with E-state index in [0.29, 0.717) is 31.6 Å². The van der Waals surface area contributed by atoms with Gasteiger partial charge in [-0.25, -0.2) is 17.6 Å². The van der Waals surface area contributed by atoms with Crippen molar-refractivity contribution in [3.8, 4) is 0 Å². The van der Waals surface area contributed by atoms with Crippen LogP contribution in [0.25, 0.3) is 0 Å². The Kier molecular flexibility index (Phi) is 7.98. The van der Waals surface area contributed by atoms with Crippen LogP contribution in [0.2, 0.25) is 0 Å². The summed E-state index contributed by atoms with van der Waals surface area (Å²) in [5.41, 5.74) is 1.49. The van der Waals surface area contributed by atoms with Gasteiger partial charge in [-0.1, -0.05) is 24.6 Å². The number of esters is 1. The summed E-state index contributed by atoms with van der Waals surface area (Å²) >= 11 is 0. The average Bonchev–Trinajstić information content (AvgIpc) is 2.79. The molecule has 0 radical (unpaired) electrons. The summed E-state index contributed by atoms with van der Waals surface area (Å²) in [4.78, 5) is 24.4. The van der Waals surface area contributed by atoms with Gasteiger partial charge in [-0.05, 0) is 61.6 Å². The monoisotopic (exact) mass is 462 g/mol. The number of aryl methyl sites for hydroxylation is 1. The maximum atomic E-state index is 13.0. The van der Waals surface area contributed by atoms with Crippen molar-refractivity contribution < 1.29 is 27.1 Å². The lowest BCUT2D eigenvalue weighted by Gasteiger charge is -2.26. The molecule has 2 aromatic carbocycles. The molecule has 1 aliphatic heterocycles. The molecule has 2 aromatic rings. The van der Waals surface area contributed by atoms with Crippen LogP contribution < -0.4 is 5.32 Å². The SMILES string of the molecule is Cc1ccc(C(=O)OCC(=O)NCCc2ccc(F)cc2)cc1S(=O)(=O)N1CCCCC1. The normalized spacial score (nSPS) is 14.7. The number of rotatable bonds is 8. The van der Waals surface area contributed by atoms with E-state index in [1.165, 1.54) is 28.6 Å². The molecule has 9 heteroatoms. The summed E-state index contributed by atoms with van der Waals surface area (Å²) < 4.78 is 45.4. The van der Waals surface area contributed by atoms with E-state index in [1.54, 1.807) is 25.1 Å². The fourth-order valence-corrected chi connectivity index (χ4v) is 5.28. The molecule has 1 amide bonds. The van der Waals surface area contributed by atoms with Gasteiger partial charge in [-0.15, -0.1) is 0 Å². The molecule has 0 spiro atoms. The van der Waals surface area contributed by atoms with Crippen molar-refractivity contribution in [1.82, 2.24) is 9.62 Å². The Hall–Kier alpha value is -2.78. The van der Waals surface area contributed by atoms with Crippen molar-refractivity contribution in [1.29, 1.82) is 0 Å². The van der Waals surface area contributed by atoms with Crippen LogP contribution in [0.1, 0.15) is 40.7 Å². The molecule has 1 N–H and O–H groups in total. The molecule has 0 aliphatic carbocycles. The van der Waals surface area contributed by atoms with Crippen LogP contribution in [0.5, 0.6) is 0 Å². The molecule has 1 saturated heterocycles. The second-order valence-corrected chi connectivity index (χ2v) is 9.65. The first-order valence-electron chi connectivity index (χ1n) is 10.6. The van der Waals surface area contributed by atoms with Gasteiger partial charge in [-0.3, -0.25) is 4.79 Å². The molecule has 1 heterocycles. The third kappa shape index (κ3) is 6.14. The number of benzene rings is 2. The highest BCUT2D eigenvalue weighted by atomic mass is 32.2. The van der Waals surface area contributed by atoms with Crippen molar-refractivity contribution in [3.05, 3.63) is 65.0 Å². The molecule has 0 aromatic heterocycles. The highest BCUT2D eigenvalue weighted by Gasteiger charge is 2.28. The van der Waals surface area contributed by atoms with Crippen molar-refractivity contribution >= 4 is 21.9 Å². The number of amides is 1. The molecular weight excluding hydrogens is 435 g/mol. The first-order chi connectivity index (χ1) is 15.3. The van der Waals surface area contributed by atoms with E-state index in [-0.39, 0.29) is 16.3 Å². The summed E-state index contributed by atoms with van der Waals surface area (Å²) in [5.74, 6) is -1.57. The van der Waals surface area contributed by atoms with Crippen LogP contribution >= 0.6 is 0 Å². The van der Waals surface area contributed by atoms with Crippen molar-refractivity contribution in [2.45, 2.75) is 37.5 Å². The molecule has 0 atom stereocenters. The molecule has 32 heavy (non-hydrogen) atoms. The number of piperidine rings is 1. The average molecular weight is 463 g/mol. The first-order valence-corrected chi connectivity index (χ1v) is 12.0. The van der Waals surface area contributed by atoms with Crippen LogP contribution in [0.15, 0.2) is 47.4 Å². The number of halogens is 1. The summed E-state index contributed by atoms with van der Waals surface area (Å²) in [6, 6.07) is 10.3. The van der Waals surface area contributed by atoms with Crippen LogP contribution in [0, 0.1) is 12.7 Å². The van der Waals surface area contributed by atoms with Crippen LogP contribution in [0.4, 0.5) is 4.39 Å². The maximum absolute atomic E-state index is 13.0. The van der Waals surface area contributed by atoms with Gasteiger partial charge in [-0.2, -0.15) is 4.31 Å². The number of ether oxygens (including phenoxy) is 1. The van der Waals surface area contributed by atoms with Crippen LogP contribution in [-0.2, 0) is 26.0 Å². The number of nitrogens with one attached hydrogen (secondary N) is 1. The van der Waals surface area contributed by atoms with Gasteiger partial charge in [0.2, 0.25) is 10.0 Å². The topological polar surface area (TPSA) is 92.8 Å². The highest BCUT2D eigenvalue weighted by molar-refractivity contribution is 7.89. The Morgan fingerprint density at radius 1 is 1.06 bits per heavy atom. The van der Waals surface area contributed by atoms with E-state index in [4.69, 9.17) is 4.74 Å². The molecule has 3 rings (SSSR count). The van der Waals surface area contributed by atoms with Gasteiger partial charge in [0, 0.05) is 19.6 Å². The standard InChI is InChI=1S/C23H27FN2O5S/c1-17-5-8-19(15-21(17)32(29,30)26-13-3-2-4-14-26)23(28)31-16-22(27)25-12-11-18-6-9-20(24)10-7-18/h5-10,15H,2-4,11-14,16H2,1H3,(H,25,27). The van der Waals surface area contributed by atoms with E-state index in [0.717, 1.165) is 24.8 Å². The summed E-state index contributed by atoms with van der Waals surface area (Å²) in [6.45, 7) is 2.44. The van der Waals surface area contributed by atoms with Crippen molar-refractivity contribution in [3.63, 3.8) is 0 Å². The fourth-order valence-electron chi connectivity index (χ4n) is 3.51. The Balaban J connectivity index is 1.55. The number of carbonyl (C=O) groups excluding carboxylic acids is 2. The lowest BCUT2D eigenvalue weighted by atomic mass is 10.1. The quantitative estimate of drug-likeness (QED) is 0.609. The molecular formula is C23H27FN2O5S. The number of nitrogens with zero attached hydrogens (tertiary/aromatic N) is 1. The minimum absolute atomic E-state index is 0.0743. The first kappa shape index (κ1) is 23.9. The van der Waals surface area contributed by atoms with Gasteiger partial charge in [0.05, 0.1) is 10.5 Å². The fraction of sp³-hybridized carbons (Fsp3) is 0.391. The number of sulfonamides is 1. The molecule has 0 saturated carbocycles. The lowest BCUT2D eigenvalue weighted by molar-refractivity contribution is -0.124. The zero-order chi connectivity index (χ0) is 23.1. The van der Waals surface area contributed by atoms with Crippen molar-refractivity contribution in [2.75, 3.05) is 26.2 Å². The smallest absolute Gasteiger partial charge is 0.338 e. The molecule has 172 valence electrons. The number of carbonyl (C=O) groups is 2. The van der Waals surface area contributed by atoms with Gasteiger partial charge in [0.25, 0.3) is 5.91 Å². The van der Waals surface area contributed by atoms with Gasteiger partial charge in [0.15, 0.2) is 6.61 Å². The number of hydrogen-bond acceptors (Lipinski definition) is 5. The van der Waals surface area contributed by atoms with Gasteiger partial charge >= 0.3 is 5.97 Å². The summed E-state index contributed by atoms with van der Waals surface area (Å²) in [7, 11) is -3.70. The maximum Gasteiger partial charge on any atom is 0.338 e. The second kappa shape index (κ2) is 10.7. The van der Waals surface area contributed by atoms with Gasteiger partial charge < -0.3 is 10.1 Å². The second-order valence-electron chi connectivity index (χ2n) is 7.75. The molecule has 0 unspecified atom stereocenters. The molecule has 1 aliphatic rings. The number of hydrogen-bond donors (Lipinski definition) is 1. The van der Waals surface area contributed by atoms with E-state index in [9.17, 15) is 22.4 Å². The highest BCUT2D eigenvalue weighted by Crippen LogP contribution is 2.24. The minimum Gasteiger partial charge on any atom is -0.452 e. The third-order valence-electron chi connectivity index (χ3n) is 5.34. The predicted molar refractivity (Wildman–Crippen MR) is 117 cm³/mol. The Morgan fingerprint density at radius 3 is 2.44 bits per heavy atom. The molecule has 1 fully saturated rings. The van der Waals surface area contributed by atoms with E-state index in [2.05, 4.69) is 5.32 Å². The molecule has 7 nitrogen and oxygen atoms in total. The predicted octanol–water partition coefficient (Wildman–Crippen LogP) is 2.82. The van der Waals surface area contributed by atoms with Crippen LogP contribution in [0.3, 0.4) is 0 Å². The third-order valence-corrected chi connectivity index (χ3v) is 7.38. The van der Waals surface area contributed by atoms with Crippen molar-refractivity contribution in [2.24, 2.45) is 0 Å². The Bertz CT molecular complexity index is 1060. The van der Waals surface area contributed by atoms with Gasteiger partial charge in [0.1, 0.15) is 5.82 Å². The largest absolute Gasteiger partial charge is 0.452 e. The zero-order valence-corrected chi connectivity index (χ0v) is 18.8. The lowest BCUT2D eigenvalue weighted by Crippen LogP contribution is -2.36. The Morgan fingerprint density at radius 2 is 1.75 bits per heavy atom. The summed E-state index contributed by atoms with van der Waals surface area (Å²) in [6.07, 6.45) is 3.14. The summed E-state index contributed by atoms with van der Waals surface area (Å²) in [5, 5.41) is 2.63. The van der Waals surface area contributed by atoms with Crippen LogP contribution in [-0.4, -0.2) is 50.8 Å². The Labute approximate surface area is 187 Å². The zero-order valence-electron chi connectivity index (χ0n) is 18.0.